The van der Waals surface area contributed by atoms with Crippen molar-refractivity contribution in [3.8, 4) is 16.9 Å². The first kappa shape index (κ1) is 25.9. The summed E-state index contributed by atoms with van der Waals surface area (Å²) in [5, 5.41) is 46.3. The zero-order valence-electron chi connectivity index (χ0n) is 20.0. The van der Waals surface area contributed by atoms with Crippen molar-refractivity contribution >= 4 is 46.4 Å². The first-order valence-corrected chi connectivity index (χ1v) is 12.6. The molecular weight excluding hydrogens is 516 g/mol. The van der Waals surface area contributed by atoms with Gasteiger partial charge in [-0.3, -0.25) is 19.2 Å². The van der Waals surface area contributed by atoms with E-state index in [4.69, 9.17) is 17.3 Å². The van der Waals surface area contributed by atoms with Crippen LogP contribution < -0.4 is 11.1 Å². The lowest BCUT2D eigenvalue weighted by Gasteiger charge is -2.48. The van der Waals surface area contributed by atoms with E-state index >= 15 is 0 Å². The van der Waals surface area contributed by atoms with Crippen molar-refractivity contribution in [2.75, 3.05) is 11.2 Å². The van der Waals surface area contributed by atoms with Crippen molar-refractivity contribution in [1.29, 1.82) is 0 Å². The quantitative estimate of drug-likeness (QED) is 0.248. The van der Waals surface area contributed by atoms with Gasteiger partial charge in [0.05, 0.1) is 11.7 Å². The predicted molar refractivity (Wildman–Crippen MR) is 136 cm³/mol. The van der Waals surface area contributed by atoms with Gasteiger partial charge in [0.15, 0.2) is 11.4 Å². The molecule has 0 bridgehead atoms. The number of carbonyl (C=O) groups is 4. The topological polar surface area (TPSA) is 187 Å². The maximum atomic E-state index is 13.6. The summed E-state index contributed by atoms with van der Waals surface area (Å²) in [6.07, 6.45) is -1.36. The number of aliphatic hydroxyl groups excluding tert-OH is 2. The summed E-state index contributed by atoms with van der Waals surface area (Å²) in [4.78, 5) is 50.0. The SMILES string of the molecule is NC(=O)C1C(=O)[C@@]2(O)C(=O)C3=C(O)c4c(O)ccc(-c5ccc(NC(=O)CCl)cc5)c4C[C@H]3C[C@H]2CC1O. The van der Waals surface area contributed by atoms with Crippen molar-refractivity contribution in [2.45, 2.75) is 31.0 Å². The molecule has 11 heteroatoms. The number of nitrogens with two attached hydrogens (primary N) is 1. The molecule has 2 aromatic rings. The van der Waals surface area contributed by atoms with Gasteiger partial charge in [-0.2, -0.15) is 0 Å². The largest absolute Gasteiger partial charge is 0.507 e. The number of primary amides is 1. The number of halogens is 1. The first-order valence-electron chi connectivity index (χ1n) is 12.0. The van der Waals surface area contributed by atoms with Crippen molar-refractivity contribution in [1.82, 2.24) is 0 Å². The van der Waals surface area contributed by atoms with Crippen molar-refractivity contribution in [3.63, 3.8) is 0 Å². The molecule has 3 aliphatic carbocycles. The Bertz CT molecular complexity index is 1420. The Morgan fingerprint density at radius 3 is 2.39 bits per heavy atom. The number of aliphatic hydroxyl groups is 3. The molecule has 0 radical (unpaired) electrons. The Labute approximate surface area is 221 Å². The average Bonchev–Trinajstić information content (AvgIpc) is 2.86. The summed E-state index contributed by atoms with van der Waals surface area (Å²) in [7, 11) is 0. The molecule has 2 amide bonds. The fourth-order valence-electron chi connectivity index (χ4n) is 6.12. The smallest absolute Gasteiger partial charge is 0.239 e. The fraction of sp³-hybridized carbons (Fsp3) is 0.333. The molecule has 5 atom stereocenters. The van der Waals surface area contributed by atoms with E-state index in [9.17, 15) is 39.6 Å². The Morgan fingerprint density at radius 2 is 1.76 bits per heavy atom. The van der Waals surface area contributed by atoms with E-state index in [0.29, 0.717) is 22.4 Å². The van der Waals surface area contributed by atoms with E-state index in [1.807, 2.05) is 0 Å². The molecule has 0 spiro atoms. The number of carbonyl (C=O) groups excluding carboxylic acids is 4. The van der Waals surface area contributed by atoms with Gasteiger partial charge < -0.3 is 31.5 Å². The van der Waals surface area contributed by atoms with E-state index in [1.165, 1.54) is 6.07 Å². The van der Waals surface area contributed by atoms with Crippen LogP contribution >= 0.6 is 11.6 Å². The number of benzene rings is 2. The van der Waals surface area contributed by atoms with Gasteiger partial charge in [0.25, 0.3) is 0 Å². The summed E-state index contributed by atoms with van der Waals surface area (Å²) in [5.74, 6) is -8.11. The number of nitrogens with one attached hydrogen (secondary N) is 1. The molecule has 0 heterocycles. The number of fused-ring (bicyclic) bond motifs is 3. The number of anilines is 1. The third-order valence-corrected chi connectivity index (χ3v) is 8.11. The summed E-state index contributed by atoms with van der Waals surface area (Å²) in [6.45, 7) is 0. The number of hydrogen-bond acceptors (Lipinski definition) is 8. The van der Waals surface area contributed by atoms with Gasteiger partial charge in [0.2, 0.25) is 17.6 Å². The minimum atomic E-state index is -2.62. The highest BCUT2D eigenvalue weighted by Gasteiger charge is 2.63. The molecule has 2 fully saturated rings. The maximum absolute atomic E-state index is 13.6. The lowest BCUT2D eigenvalue weighted by Crippen LogP contribution is -2.66. The molecule has 3 aliphatic rings. The molecule has 198 valence electrons. The predicted octanol–water partition coefficient (Wildman–Crippen LogP) is 1.43. The third-order valence-electron chi connectivity index (χ3n) is 7.87. The van der Waals surface area contributed by atoms with Gasteiger partial charge in [-0.05, 0) is 60.1 Å². The van der Waals surface area contributed by atoms with E-state index in [-0.39, 0.29) is 47.9 Å². The number of rotatable bonds is 4. The summed E-state index contributed by atoms with van der Waals surface area (Å²) >= 11 is 5.53. The lowest BCUT2D eigenvalue weighted by atomic mass is 9.56. The van der Waals surface area contributed by atoms with E-state index in [2.05, 4.69) is 5.32 Å². The third kappa shape index (κ3) is 3.79. The number of phenolic OH excluding ortho intramolecular Hbond substituents is 1. The Hall–Kier alpha value is -3.73. The zero-order chi connectivity index (χ0) is 27.5. The monoisotopic (exact) mass is 540 g/mol. The number of hydrogen-bond donors (Lipinski definition) is 6. The maximum Gasteiger partial charge on any atom is 0.239 e. The van der Waals surface area contributed by atoms with Gasteiger partial charge in [-0.25, -0.2) is 0 Å². The number of phenols is 1. The molecular formula is C27H25ClN2O8. The van der Waals surface area contributed by atoms with Crippen LogP contribution in [0.2, 0.25) is 0 Å². The molecule has 2 aromatic carbocycles. The minimum Gasteiger partial charge on any atom is -0.507 e. The second-order valence-electron chi connectivity index (χ2n) is 9.98. The molecule has 2 unspecified atom stereocenters. The molecule has 2 saturated carbocycles. The molecule has 38 heavy (non-hydrogen) atoms. The highest BCUT2D eigenvalue weighted by atomic mass is 35.5. The van der Waals surface area contributed by atoms with Crippen LogP contribution in [0.3, 0.4) is 0 Å². The highest BCUT2D eigenvalue weighted by Crippen LogP contribution is 2.52. The number of Topliss-reactive ketones (excluding diaryl/α,β-unsaturated/α-hetero) is 2. The first-order chi connectivity index (χ1) is 18.0. The lowest BCUT2D eigenvalue weighted by molar-refractivity contribution is -0.174. The number of alkyl halides is 1. The second kappa shape index (κ2) is 9.23. The summed E-state index contributed by atoms with van der Waals surface area (Å²) < 4.78 is 0. The zero-order valence-corrected chi connectivity index (χ0v) is 20.7. The highest BCUT2D eigenvalue weighted by molar-refractivity contribution is 6.29. The average molecular weight is 541 g/mol. The van der Waals surface area contributed by atoms with Gasteiger partial charge in [-0.1, -0.05) is 18.2 Å². The standard InChI is InChI=1S/C27H25ClN2O8/c28-10-19(33)30-14-3-1-11(2-4-14)15-5-6-17(31)21-16(15)8-12-7-13-9-18(32)22(26(29)37)25(36)27(13,38)24(35)20(12)23(21)34/h1-6,12-13,18,22,31-32,34,38H,7-10H2,(H2,29,37)(H,30,33)/t12-,13+,18?,22?,27+/m1/s1. The molecule has 5 rings (SSSR count). The van der Waals surface area contributed by atoms with Crippen molar-refractivity contribution < 1.29 is 39.6 Å². The van der Waals surface area contributed by atoms with Crippen LogP contribution in [0.15, 0.2) is 42.0 Å². The van der Waals surface area contributed by atoms with E-state index in [0.717, 1.165) is 0 Å². The molecule has 0 aromatic heterocycles. The fourth-order valence-corrected chi connectivity index (χ4v) is 6.19. The summed E-state index contributed by atoms with van der Waals surface area (Å²) in [6, 6.07) is 9.89. The second-order valence-corrected chi connectivity index (χ2v) is 10.3. The van der Waals surface area contributed by atoms with Crippen molar-refractivity contribution in [2.24, 2.45) is 23.5 Å². The molecule has 0 aliphatic heterocycles. The Balaban J connectivity index is 1.58. The number of ketones is 2. The van der Waals surface area contributed by atoms with Crippen LogP contribution in [0, 0.1) is 17.8 Å². The molecule has 10 nitrogen and oxygen atoms in total. The Morgan fingerprint density at radius 1 is 1.08 bits per heavy atom. The van der Waals surface area contributed by atoms with E-state index < -0.39 is 52.7 Å². The van der Waals surface area contributed by atoms with Crippen molar-refractivity contribution in [3.05, 3.63) is 53.1 Å². The van der Waals surface area contributed by atoms with Gasteiger partial charge in [0.1, 0.15) is 23.3 Å². The van der Waals surface area contributed by atoms with Gasteiger partial charge >= 0.3 is 0 Å². The van der Waals surface area contributed by atoms with E-state index in [1.54, 1.807) is 30.3 Å². The number of amides is 2. The normalized spacial score (nSPS) is 28.3. The Kier molecular flexibility index (Phi) is 6.29. The van der Waals surface area contributed by atoms with Gasteiger partial charge in [0, 0.05) is 17.2 Å². The van der Waals surface area contributed by atoms with Crippen LogP contribution in [-0.2, 0) is 25.6 Å². The van der Waals surface area contributed by atoms with Crippen LogP contribution in [0.4, 0.5) is 5.69 Å². The number of aromatic hydroxyl groups is 1. The van der Waals surface area contributed by atoms with Crippen LogP contribution in [0.5, 0.6) is 5.75 Å². The van der Waals surface area contributed by atoms with Gasteiger partial charge in [-0.15, -0.1) is 11.6 Å². The van der Waals surface area contributed by atoms with Crippen LogP contribution in [0.1, 0.15) is 24.0 Å². The molecule has 0 saturated heterocycles. The minimum absolute atomic E-state index is 0.0124. The van der Waals surface area contributed by atoms with Crippen LogP contribution in [-0.4, -0.2) is 61.4 Å². The summed E-state index contributed by atoms with van der Waals surface area (Å²) in [5.41, 5.74) is 4.93. The molecule has 7 N–H and O–H groups in total. The van der Waals surface area contributed by atoms with Crippen LogP contribution in [0.25, 0.3) is 16.9 Å².